The van der Waals surface area contributed by atoms with Gasteiger partial charge < -0.3 is 4.74 Å². The molecule has 282 valence electrons. The highest BCUT2D eigenvalue weighted by atomic mass is 16.5. The number of hydrogen-bond acceptors (Lipinski definition) is 5. The van der Waals surface area contributed by atoms with E-state index in [0.29, 0.717) is 28.0 Å². The van der Waals surface area contributed by atoms with Crippen molar-refractivity contribution in [3.8, 4) is 5.75 Å². The van der Waals surface area contributed by atoms with Crippen LogP contribution in [-0.2, 0) is 6.42 Å². The number of hydrazine groups is 2. The zero-order valence-corrected chi connectivity index (χ0v) is 33.6. The van der Waals surface area contributed by atoms with Crippen molar-refractivity contribution < 1.29 is 23.9 Å². The lowest BCUT2D eigenvalue weighted by Gasteiger charge is -2.35. The molecule has 0 spiro atoms. The second-order valence-electron chi connectivity index (χ2n) is 15.4. The number of rotatable bonds is 6. The first-order chi connectivity index (χ1) is 24.7. The van der Waals surface area contributed by atoms with Crippen LogP contribution in [0.1, 0.15) is 123 Å². The predicted molar refractivity (Wildman–Crippen MR) is 212 cm³/mol. The number of hydrogen-bond donors (Lipinski definition) is 2. The molecule has 0 aliphatic carbocycles. The van der Waals surface area contributed by atoms with Gasteiger partial charge in [0.25, 0.3) is 23.6 Å². The van der Waals surface area contributed by atoms with Crippen LogP contribution in [0.5, 0.6) is 5.75 Å². The average molecular weight is 721 g/mol. The molecule has 0 saturated heterocycles. The highest BCUT2D eigenvalue weighted by molar-refractivity contribution is 6.01. The molecular formula is C44H56N4O5. The first kappa shape index (κ1) is 42.0. The van der Waals surface area contributed by atoms with Crippen LogP contribution in [0.4, 0.5) is 0 Å². The van der Waals surface area contributed by atoms with Gasteiger partial charge in [-0.15, -0.1) is 0 Å². The van der Waals surface area contributed by atoms with E-state index in [1.807, 2.05) is 125 Å². The van der Waals surface area contributed by atoms with Crippen LogP contribution in [0.2, 0.25) is 0 Å². The first-order valence-electron chi connectivity index (χ1n) is 17.9. The number of nitrogens with one attached hydrogen (secondary N) is 2. The molecule has 53 heavy (non-hydrogen) atoms. The SMILES string of the molecule is CCc1ccc(C(=O)NN(C(=O)c2cc(C)cc(C)c2)C(C)(C)C)cc1.COc1cccc(C(=O)NN(C(=O)c2cc(C)cc(C)c2)C(C)(C)C)c1C. The minimum Gasteiger partial charge on any atom is -0.496 e. The molecule has 4 rings (SSSR count). The summed E-state index contributed by atoms with van der Waals surface area (Å²) in [5, 5.41) is 2.81. The lowest BCUT2D eigenvalue weighted by Crippen LogP contribution is -2.56. The van der Waals surface area contributed by atoms with Crippen molar-refractivity contribution in [2.24, 2.45) is 0 Å². The number of amides is 4. The molecular weight excluding hydrogens is 665 g/mol. The standard InChI is InChI=1S/C22H28N2O3.C22H28N2O2/c1-14-11-15(2)13-17(12-14)21(26)24(22(4,5)6)23-20(25)18-9-8-10-19(27-7)16(18)3;1-7-17-8-10-18(11-9-17)20(25)23-24(22(4,5)6)21(26)19-13-15(2)12-16(3)14-19/h8-13H,1-7H3,(H,23,25);8-14H,7H2,1-6H3,(H,23,25). The topological polar surface area (TPSA) is 108 Å². The van der Waals surface area contributed by atoms with Crippen LogP contribution >= 0.6 is 0 Å². The Morgan fingerprint density at radius 1 is 0.585 bits per heavy atom. The number of ether oxygens (including phenoxy) is 1. The summed E-state index contributed by atoms with van der Waals surface area (Å²) in [6, 6.07) is 24.1. The Labute approximate surface area is 315 Å². The molecule has 0 unspecified atom stereocenters. The molecule has 4 aromatic rings. The predicted octanol–water partition coefficient (Wildman–Crippen LogP) is 8.66. The van der Waals surface area contributed by atoms with E-state index in [-0.39, 0.29) is 23.6 Å². The minimum absolute atomic E-state index is 0.220. The largest absolute Gasteiger partial charge is 0.496 e. The summed E-state index contributed by atoms with van der Waals surface area (Å²) in [5.41, 5.74) is 12.5. The third-order valence-corrected chi connectivity index (χ3v) is 8.48. The summed E-state index contributed by atoms with van der Waals surface area (Å²) in [7, 11) is 1.56. The van der Waals surface area contributed by atoms with Gasteiger partial charge in [0, 0.05) is 27.8 Å². The molecule has 0 aliphatic heterocycles. The fourth-order valence-corrected chi connectivity index (χ4v) is 5.80. The highest BCUT2D eigenvalue weighted by Crippen LogP contribution is 2.23. The van der Waals surface area contributed by atoms with Gasteiger partial charge in [-0.3, -0.25) is 30.0 Å². The number of methoxy groups -OCH3 is 1. The first-order valence-corrected chi connectivity index (χ1v) is 17.9. The van der Waals surface area contributed by atoms with Gasteiger partial charge in [0.05, 0.1) is 18.2 Å². The van der Waals surface area contributed by atoms with Crippen LogP contribution < -0.4 is 15.6 Å². The van der Waals surface area contributed by atoms with Crippen LogP contribution in [0.3, 0.4) is 0 Å². The highest BCUT2D eigenvalue weighted by Gasteiger charge is 2.31. The Hall–Kier alpha value is -5.44. The Morgan fingerprint density at radius 3 is 1.38 bits per heavy atom. The smallest absolute Gasteiger partial charge is 0.272 e. The van der Waals surface area contributed by atoms with E-state index >= 15 is 0 Å². The Morgan fingerprint density at radius 2 is 1.00 bits per heavy atom. The summed E-state index contributed by atoms with van der Waals surface area (Å²) in [4.78, 5) is 51.8. The lowest BCUT2D eigenvalue weighted by atomic mass is 10.0. The van der Waals surface area contributed by atoms with Gasteiger partial charge in [-0.2, -0.15) is 0 Å². The normalized spacial score (nSPS) is 11.1. The molecule has 0 aliphatic rings. The van der Waals surface area contributed by atoms with Crippen LogP contribution in [0.25, 0.3) is 0 Å². The van der Waals surface area contributed by atoms with Gasteiger partial charge in [-0.05, 0) is 137 Å². The van der Waals surface area contributed by atoms with E-state index in [0.717, 1.165) is 34.2 Å². The van der Waals surface area contributed by atoms with Gasteiger partial charge in [0.1, 0.15) is 5.75 Å². The Balaban J connectivity index is 0.000000286. The van der Waals surface area contributed by atoms with E-state index in [2.05, 4.69) is 17.8 Å². The molecule has 4 aromatic carbocycles. The fourth-order valence-electron chi connectivity index (χ4n) is 5.80. The van der Waals surface area contributed by atoms with E-state index in [4.69, 9.17) is 4.74 Å². The summed E-state index contributed by atoms with van der Waals surface area (Å²) >= 11 is 0. The number of benzene rings is 4. The fraction of sp³-hybridized carbons (Fsp3) is 0.364. The summed E-state index contributed by atoms with van der Waals surface area (Å²) in [5.74, 6) is -0.476. The maximum atomic E-state index is 13.2. The Bertz CT molecular complexity index is 1910. The van der Waals surface area contributed by atoms with Gasteiger partial charge >= 0.3 is 0 Å². The van der Waals surface area contributed by atoms with Crippen molar-refractivity contribution in [2.45, 2.75) is 101 Å². The van der Waals surface area contributed by atoms with Gasteiger partial charge in [0.2, 0.25) is 0 Å². The number of aryl methyl sites for hydroxylation is 5. The summed E-state index contributed by atoms with van der Waals surface area (Å²) in [6.07, 6.45) is 0.918. The van der Waals surface area contributed by atoms with Crippen molar-refractivity contribution in [1.29, 1.82) is 0 Å². The molecule has 0 fully saturated rings. The summed E-state index contributed by atoms with van der Waals surface area (Å²) < 4.78 is 5.29. The molecule has 0 atom stereocenters. The van der Waals surface area contributed by atoms with Crippen LogP contribution in [0, 0.1) is 34.6 Å². The average Bonchev–Trinajstić information content (AvgIpc) is 3.07. The number of carbonyl (C=O) groups excluding carboxylic acids is 4. The molecule has 0 saturated carbocycles. The molecule has 0 bridgehead atoms. The van der Waals surface area contributed by atoms with Crippen LogP contribution in [-0.4, -0.2) is 51.8 Å². The third kappa shape index (κ3) is 11.3. The molecule has 0 heterocycles. The third-order valence-electron chi connectivity index (χ3n) is 8.48. The van der Waals surface area contributed by atoms with E-state index < -0.39 is 11.1 Å². The zero-order chi connectivity index (χ0) is 39.8. The lowest BCUT2D eigenvalue weighted by molar-refractivity contribution is 0.0357. The molecule has 9 heteroatoms. The quantitative estimate of drug-likeness (QED) is 0.194. The van der Waals surface area contributed by atoms with E-state index in [1.165, 1.54) is 15.6 Å². The second-order valence-corrected chi connectivity index (χ2v) is 15.4. The van der Waals surface area contributed by atoms with Crippen molar-refractivity contribution in [2.75, 3.05) is 7.11 Å². The molecule has 4 amide bonds. The van der Waals surface area contributed by atoms with Crippen molar-refractivity contribution >= 4 is 23.6 Å². The molecule has 2 N–H and O–H groups in total. The van der Waals surface area contributed by atoms with E-state index in [1.54, 1.807) is 37.4 Å². The zero-order valence-electron chi connectivity index (χ0n) is 33.6. The monoisotopic (exact) mass is 720 g/mol. The maximum Gasteiger partial charge on any atom is 0.272 e. The molecule has 0 aromatic heterocycles. The minimum atomic E-state index is -0.600. The molecule has 0 radical (unpaired) electrons. The van der Waals surface area contributed by atoms with Gasteiger partial charge in [-0.1, -0.05) is 59.5 Å². The second kappa shape index (κ2) is 17.4. The Kier molecular flexibility index (Phi) is 13.8. The molecule has 9 nitrogen and oxygen atoms in total. The summed E-state index contributed by atoms with van der Waals surface area (Å²) in [6.45, 7) is 23.0. The van der Waals surface area contributed by atoms with Gasteiger partial charge in [-0.25, -0.2) is 10.0 Å². The number of nitrogens with zero attached hydrogens (tertiary/aromatic N) is 2. The number of carbonyl (C=O) groups is 4. The van der Waals surface area contributed by atoms with Crippen LogP contribution in [0.15, 0.2) is 78.9 Å². The van der Waals surface area contributed by atoms with Crippen molar-refractivity contribution in [1.82, 2.24) is 20.9 Å². The maximum absolute atomic E-state index is 13.2. The van der Waals surface area contributed by atoms with Gasteiger partial charge in [0.15, 0.2) is 0 Å². The van der Waals surface area contributed by atoms with Crippen molar-refractivity contribution in [3.63, 3.8) is 0 Å². The van der Waals surface area contributed by atoms with Crippen molar-refractivity contribution in [3.05, 3.63) is 134 Å². The van der Waals surface area contributed by atoms with E-state index in [9.17, 15) is 19.2 Å².